The van der Waals surface area contributed by atoms with Gasteiger partial charge >= 0.3 is 19.5 Å². The summed E-state index contributed by atoms with van der Waals surface area (Å²) in [6.07, 6.45) is 0.507. The molecule has 46 heavy (non-hydrogen) atoms. The number of aromatic hydroxyl groups is 1. The molecule has 0 atom stereocenters. The normalized spacial score (nSPS) is 12.1. The lowest BCUT2D eigenvalue weighted by Gasteiger charge is -2.22. The van der Waals surface area contributed by atoms with Crippen molar-refractivity contribution in [3.05, 3.63) is 93.8 Å². The molecule has 3 aromatic rings. The Morgan fingerprint density at radius 2 is 1.26 bits per heavy atom. The largest absolute Gasteiger partial charge is 0.508 e. The number of benzene rings is 3. The number of esters is 2. The van der Waals surface area contributed by atoms with Crippen LogP contribution in [0.15, 0.2) is 54.6 Å². The Labute approximate surface area is 270 Å². The van der Waals surface area contributed by atoms with Gasteiger partial charge in [-0.1, -0.05) is 24.3 Å². The summed E-state index contributed by atoms with van der Waals surface area (Å²) in [7, 11) is -4.06. The molecule has 9 nitrogen and oxygen atoms in total. The Morgan fingerprint density at radius 1 is 0.761 bits per heavy atom. The number of ether oxygens (including phenoxy) is 3. The molecule has 0 amide bonds. The molecule has 0 unspecified atom stereocenters. The first-order valence-electron chi connectivity index (χ1n) is 14.9. The van der Waals surface area contributed by atoms with E-state index in [4.69, 9.17) is 23.3 Å². The topological polar surface area (TPSA) is 118 Å². The van der Waals surface area contributed by atoms with Crippen molar-refractivity contribution >= 4 is 19.5 Å². The Hall–Kier alpha value is -3.72. The van der Waals surface area contributed by atoms with E-state index >= 15 is 0 Å². The number of hydrogen-bond donors (Lipinski definition) is 1. The van der Waals surface area contributed by atoms with Gasteiger partial charge in [-0.15, -0.1) is 0 Å². The summed E-state index contributed by atoms with van der Waals surface area (Å²) in [5.41, 5.74) is 3.88. The Bertz CT molecular complexity index is 1510. The molecular formula is C35H44FO9P. The van der Waals surface area contributed by atoms with Crippen LogP contribution in [0.25, 0.3) is 0 Å². The highest BCUT2D eigenvalue weighted by Crippen LogP contribution is 2.48. The number of rotatable bonds is 13. The third kappa shape index (κ3) is 11.0. The van der Waals surface area contributed by atoms with E-state index < -0.39 is 50.3 Å². The van der Waals surface area contributed by atoms with E-state index in [-0.39, 0.29) is 11.6 Å². The third-order valence-electron chi connectivity index (χ3n) is 7.00. The van der Waals surface area contributed by atoms with Gasteiger partial charge in [0.2, 0.25) is 13.6 Å². The Morgan fingerprint density at radius 3 is 1.76 bits per heavy atom. The van der Waals surface area contributed by atoms with Crippen LogP contribution in [0, 0.1) is 30.5 Å². The zero-order chi connectivity index (χ0) is 34.3. The van der Waals surface area contributed by atoms with Gasteiger partial charge in [0.05, 0.1) is 10.8 Å². The zero-order valence-electron chi connectivity index (χ0n) is 27.8. The summed E-state index contributed by atoms with van der Waals surface area (Å²) < 4.78 is 53.6. The van der Waals surface area contributed by atoms with Crippen LogP contribution in [0.4, 0.5) is 4.39 Å². The number of phenols is 1. The standard InChI is InChI=1S/C35H44FO9P/c1-23-15-29(43-22-46(40,44-20-41-32(38)34(3,4)5)45-21-42-33(39)35(6,7)8)16-24(2)30(23)19-26-11-14-31(37)27(18-26)17-25-9-12-28(36)13-10-25/h9-16,18,37H,17,19-22H2,1-8H3. The Kier molecular flexibility index (Phi) is 12.2. The van der Waals surface area contributed by atoms with Crippen LogP contribution in [0.2, 0.25) is 0 Å². The van der Waals surface area contributed by atoms with E-state index in [0.29, 0.717) is 18.6 Å². The average Bonchev–Trinajstić information content (AvgIpc) is 2.95. The molecule has 0 radical (unpaired) electrons. The zero-order valence-corrected chi connectivity index (χ0v) is 28.7. The van der Waals surface area contributed by atoms with Crippen LogP contribution in [0.1, 0.15) is 74.9 Å². The van der Waals surface area contributed by atoms with Gasteiger partial charge in [0.15, 0.2) is 6.35 Å². The first-order chi connectivity index (χ1) is 21.4. The average molecular weight is 659 g/mol. The van der Waals surface area contributed by atoms with Crippen molar-refractivity contribution in [2.75, 3.05) is 19.9 Å². The van der Waals surface area contributed by atoms with Gasteiger partial charge in [0.1, 0.15) is 17.3 Å². The van der Waals surface area contributed by atoms with Crippen LogP contribution in [-0.2, 0) is 45.5 Å². The number of hydrogen-bond acceptors (Lipinski definition) is 9. The van der Waals surface area contributed by atoms with Crippen LogP contribution >= 0.6 is 7.60 Å². The summed E-state index contributed by atoms with van der Waals surface area (Å²) in [6.45, 7) is 12.6. The summed E-state index contributed by atoms with van der Waals surface area (Å²) in [5.74, 6) is -0.853. The maximum Gasteiger partial charge on any atom is 0.373 e. The maximum atomic E-state index is 13.5. The highest BCUT2D eigenvalue weighted by Gasteiger charge is 2.31. The van der Waals surface area contributed by atoms with E-state index in [0.717, 1.165) is 33.4 Å². The predicted octanol–water partition coefficient (Wildman–Crippen LogP) is 7.99. The van der Waals surface area contributed by atoms with Crippen molar-refractivity contribution in [1.29, 1.82) is 0 Å². The van der Waals surface area contributed by atoms with Gasteiger partial charge in [-0.05, 0) is 126 Å². The molecule has 0 aliphatic heterocycles. The molecule has 0 aromatic heterocycles. The van der Waals surface area contributed by atoms with Gasteiger partial charge in [-0.2, -0.15) is 0 Å². The molecule has 0 spiro atoms. The minimum absolute atomic E-state index is 0.167. The van der Waals surface area contributed by atoms with E-state index in [1.807, 2.05) is 26.0 Å². The number of phenolic OH excluding ortho intramolecular Hbond substituents is 1. The van der Waals surface area contributed by atoms with E-state index in [9.17, 15) is 23.7 Å². The quantitative estimate of drug-likeness (QED) is 0.111. The minimum atomic E-state index is -4.06. The van der Waals surface area contributed by atoms with E-state index in [2.05, 4.69) is 0 Å². The van der Waals surface area contributed by atoms with Gasteiger partial charge in [-0.3, -0.25) is 23.2 Å². The number of carbonyl (C=O) groups is 2. The molecule has 0 fully saturated rings. The highest BCUT2D eigenvalue weighted by molar-refractivity contribution is 7.53. The lowest BCUT2D eigenvalue weighted by atomic mass is 9.93. The number of halogens is 1. The SMILES string of the molecule is Cc1cc(OCP(=O)(OCOC(=O)C(C)(C)C)OCOC(=O)C(C)(C)C)cc(C)c1Cc1ccc(O)c(Cc2ccc(F)cc2)c1. The molecule has 0 saturated heterocycles. The van der Waals surface area contributed by atoms with Crippen molar-refractivity contribution in [3.63, 3.8) is 0 Å². The third-order valence-corrected chi connectivity index (χ3v) is 8.44. The Balaban J connectivity index is 1.72. The first-order valence-corrected chi connectivity index (χ1v) is 16.6. The van der Waals surface area contributed by atoms with E-state index in [1.54, 1.807) is 71.9 Å². The second-order valence-electron chi connectivity index (χ2n) is 13.2. The van der Waals surface area contributed by atoms with Crippen LogP contribution in [-0.4, -0.2) is 37.0 Å². The fourth-order valence-corrected chi connectivity index (χ4v) is 5.21. The lowest BCUT2D eigenvalue weighted by molar-refractivity contribution is -0.162. The smallest absolute Gasteiger partial charge is 0.373 e. The molecular weight excluding hydrogens is 614 g/mol. The molecule has 0 saturated carbocycles. The van der Waals surface area contributed by atoms with E-state index in [1.165, 1.54) is 12.1 Å². The van der Waals surface area contributed by atoms with Gasteiger partial charge in [0, 0.05) is 6.42 Å². The van der Waals surface area contributed by atoms with Gasteiger partial charge in [0.25, 0.3) is 0 Å². The summed E-state index contributed by atoms with van der Waals surface area (Å²) in [6, 6.07) is 15.2. The van der Waals surface area contributed by atoms with Crippen molar-refractivity contribution in [3.8, 4) is 11.5 Å². The molecule has 11 heteroatoms. The molecule has 3 rings (SSSR count). The second kappa shape index (κ2) is 15.2. The van der Waals surface area contributed by atoms with Crippen molar-refractivity contribution in [1.82, 2.24) is 0 Å². The monoisotopic (exact) mass is 658 g/mol. The van der Waals surface area contributed by atoms with Crippen LogP contribution in [0.5, 0.6) is 11.5 Å². The van der Waals surface area contributed by atoms with Gasteiger partial charge < -0.3 is 19.3 Å². The number of carbonyl (C=O) groups excluding carboxylic acids is 2. The van der Waals surface area contributed by atoms with Crippen molar-refractivity contribution < 1.29 is 46.9 Å². The van der Waals surface area contributed by atoms with Crippen LogP contribution in [0.3, 0.4) is 0 Å². The highest BCUT2D eigenvalue weighted by atomic mass is 31.2. The molecule has 1 N–H and O–H groups in total. The lowest BCUT2D eigenvalue weighted by Crippen LogP contribution is -2.25. The summed E-state index contributed by atoms with van der Waals surface area (Å²) in [4.78, 5) is 24.3. The predicted molar refractivity (Wildman–Crippen MR) is 172 cm³/mol. The maximum absolute atomic E-state index is 13.5. The summed E-state index contributed by atoms with van der Waals surface area (Å²) >= 11 is 0. The van der Waals surface area contributed by atoms with Crippen molar-refractivity contribution in [2.24, 2.45) is 10.8 Å². The fraction of sp³-hybridized carbons (Fsp3) is 0.429. The molecule has 0 bridgehead atoms. The second-order valence-corrected chi connectivity index (χ2v) is 15.2. The summed E-state index contributed by atoms with van der Waals surface area (Å²) in [5, 5.41) is 10.4. The van der Waals surface area contributed by atoms with Crippen LogP contribution < -0.4 is 4.74 Å². The molecule has 0 aliphatic carbocycles. The first kappa shape index (κ1) is 36.7. The fourth-order valence-electron chi connectivity index (χ4n) is 4.25. The molecule has 3 aromatic carbocycles. The van der Waals surface area contributed by atoms with Gasteiger partial charge in [-0.25, -0.2) is 4.39 Å². The molecule has 250 valence electrons. The molecule has 0 heterocycles. The molecule has 0 aliphatic rings. The minimum Gasteiger partial charge on any atom is -0.508 e. The number of aryl methyl sites for hydroxylation is 2. The van der Waals surface area contributed by atoms with Crippen molar-refractivity contribution in [2.45, 2.75) is 68.2 Å².